The van der Waals surface area contributed by atoms with Gasteiger partial charge in [-0.15, -0.1) is 0 Å². The van der Waals surface area contributed by atoms with E-state index >= 15 is 4.39 Å². The summed E-state index contributed by atoms with van der Waals surface area (Å²) < 4.78 is 45.8. The predicted octanol–water partition coefficient (Wildman–Crippen LogP) is 4.66. The highest BCUT2D eigenvalue weighted by molar-refractivity contribution is 6.02. The number of hydrogen-bond donors (Lipinski definition) is 2. The molecule has 4 aromatic rings. The van der Waals surface area contributed by atoms with Crippen LogP contribution in [0.2, 0.25) is 0 Å². The number of ether oxygens (including phenoxy) is 2. The number of fused-ring (bicyclic) bond motifs is 7. The Labute approximate surface area is 282 Å². The predicted molar refractivity (Wildman–Crippen MR) is 180 cm³/mol. The molecule has 5 aliphatic heterocycles. The number of alkyl halides is 1. The molecular formula is C37H40F2N6O4. The third-order valence-corrected chi connectivity index (χ3v) is 12.4. The first-order chi connectivity index (χ1) is 23.7. The lowest BCUT2D eigenvalue weighted by Gasteiger charge is -2.41. The lowest BCUT2D eigenvalue weighted by Crippen LogP contribution is -2.58. The van der Waals surface area contributed by atoms with Crippen molar-refractivity contribution in [3.05, 3.63) is 52.1 Å². The van der Waals surface area contributed by atoms with Gasteiger partial charge in [-0.1, -0.05) is 18.2 Å². The lowest BCUT2D eigenvalue weighted by atomic mass is 9.89. The SMILES string of the molecule is COCc1cccc2cc(O)cc(-c3c(F)c4nc(OC[C@]56C[C@@H](F)CN5CC5(CC5)C6)nc5c4n(c3=O)CCC3C4CCC(CN53)N4)c12. The van der Waals surface area contributed by atoms with Gasteiger partial charge in [0, 0.05) is 63.4 Å². The number of phenolic OH excluding ortho intramolecular Hbond substituents is 1. The highest BCUT2D eigenvalue weighted by atomic mass is 19.1. The van der Waals surface area contributed by atoms with Crippen molar-refractivity contribution in [1.29, 1.82) is 0 Å². The van der Waals surface area contributed by atoms with E-state index in [9.17, 15) is 14.3 Å². The van der Waals surface area contributed by atoms with Crippen molar-refractivity contribution in [2.45, 2.75) is 87.9 Å². The molecular weight excluding hydrogens is 630 g/mol. The molecule has 0 radical (unpaired) electrons. The monoisotopic (exact) mass is 670 g/mol. The van der Waals surface area contributed by atoms with E-state index in [1.807, 2.05) is 18.2 Å². The number of nitrogens with zero attached hydrogens (tertiary/aromatic N) is 5. The van der Waals surface area contributed by atoms with Crippen molar-refractivity contribution >= 4 is 27.6 Å². The van der Waals surface area contributed by atoms with E-state index in [0.717, 1.165) is 44.2 Å². The molecule has 2 N–H and O–H groups in total. The number of nitrogens with one attached hydrogen (secondary N) is 1. The maximum Gasteiger partial charge on any atom is 0.319 e. The number of anilines is 1. The van der Waals surface area contributed by atoms with Crippen molar-refractivity contribution in [2.75, 3.05) is 38.3 Å². The van der Waals surface area contributed by atoms with Crippen LogP contribution in [0.3, 0.4) is 0 Å². The Hall–Kier alpha value is -3.87. The Bertz CT molecular complexity index is 2100. The smallest absolute Gasteiger partial charge is 0.319 e. The molecule has 4 saturated heterocycles. The molecule has 10 nitrogen and oxygen atoms in total. The fourth-order valence-corrected chi connectivity index (χ4v) is 10.2. The lowest BCUT2D eigenvalue weighted by molar-refractivity contribution is 0.107. The average Bonchev–Trinajstić information content (AvgIpc) is 3.54. The van der Waals surface area contributed by atoms with Crippen LogP contribution < -0.4 is 20.5 Å². The summed E-state index contributed by atoms with van der Waals surface area (Å²) in [6, 6.07) is 9.24. The van der Waals surface area contributed by atoms with Crippen molar-refractivity contribution in [2.24, 2.45) is 5.41 Å². The van der Waals surface area contributed by atoms with Gasteiger partial charge in [-0.2, -0.15) is 9.97 Å². The first-order valence-corrected chi connectivity index (χ1v) is 17.7. The fraction of sp³-hybridized carbons (Fsp3) is 0.541. The Morgan fingerprint density at radius 2 is 2.02 bits per heavy atom. The van der Waals surface area contributed by atoms with Gasteiger partial charge < -0.3 is 29.4 Å². The van der Waals surface area contributed by atoms with E-state index in [1.165, 1.54) is 6.07 Å². The van der Waals surface area contributed by atoms with Crippen molar-refractivity contribution in [1.82, 2.24) is 24.8 Å². The summed E-state index contributed by atoms with van der Waals surface area (Å²) in [6.07, 6.45) is 5.45. The molecule has 6 aliphatic rings. The maximum atomic E-state index is 17.4. The number of benzene rings is 2. The van der Waals surface area contributed by atoms with Crippen LogP contribution in [0.15, 0.2) is 35.1 Å². The first-order valence-electron chi connectivity index (χ1n) is 17.7. The van der Waals surface area contributed by atoms with E-state index in [1.54, 1.807) is 17.7 Å². The summed E-state index contributed by atoms with van der Waals surface area (Å²) in [5, 5.41) is 15.9. The number of phenols is 1. The summed E-state index contributed by atoms with van der Waals surface area (Å²) in [4.78, 5) is 28.8. The standard InChI is InChI=1S/C37H40F2N6O4/c1-48-16-21-4-2-3-20-11-24(46)12-25(28(20)21)29-30(39)31-32-33(45-15-23-5-6-26(40-23)27(45)7-10-44(32)34(29)47)42-35(41-31)49-19-37-13-22(38)14-43(37)18-36(17-37)8-9-36/h2-4,11-12,22-23,26-27,40,46H,5-10,13-19H2,1H3/t22-,23?,26?,27?,37-/m1/s1. The topological polar surface area (TPSA) is 105 Å². The number of hydrogen-bond acceptors (Lipinski definition) is 9. The van der Waals surface area contributed by atoms with Crippen molar-refractivity contribution in [3.63, 3.8) is 0 Å². The Morgan fingerprint density at radius 3 is 2.86 bits per heavy atom. The summed E-state index contributed by atoms with van der Waals surface area (Å²) in [5.74, 6) is -0.337. The second kappa shape index (κ2) is 10.6. The number of pyridine rings is 1. The zero-order valence-electron chi connectivity index (χ0n) is 27.6. The molecule has 1 saturated carbocycles. The van der Waals surface area contributed by atoms with Crippen LogP contribution in [0.4, 0.5) is 14.6 Å². The molecule has 5 fully saturated rings. The first kappa shape index (κ1) is 30.0. The fourth-order valence-electron chi connectivity index (χ4n) is 10.2. The summed E-state index contributed by atoms with van der Waals surface area (Å²) in [5.41, 5.74) is 0.620. The van der Waals surface area contributed by atoms with Crippen LogP contribution in [-0.2, 0) is 17.9 Å². The summed E-state index contributed by atoms with van der Waals surface area (Å²) in [6.45, 7) is 2.82. The van der Waals surface area contributed by atoms with Gasteiger partial charge in [0.25, 0.3) is 5.56 Å². The van der Waals surface area contributed by atoms with Gasteiger partial charge in [0.15, 0.2) is 11.6 Å². The molecule has 0 amide bonds. The highest BCUT2D eigenvalue weighted by Gasteiger charge is 2.62. The molecule has 2 aromatic heterocycles. The van der Waals surface area contributed by atoms with E-state index in [4.69, 9.17) is 19.4 Å². The van der Waals surface area contributed by atoms with Crippen LogP contribution in [0.25, 0.3) is 32.9 Å². The molecule has 12 heteroatoms. The molecule has 7 heterocycles. The second-order valence-corrected chi connectivity index (χ2v) is 15.5. The number of methoxy groups -OCH3 is 1. The normalized spacial score (nSPS) is 29.5. The average molecular weight is 671 g/mol. The van der Waals surface area contributed by atoms with E-state index in [2.05, 4.69) is 15.1 Å². The van der Waals surface area contributed by atoms with Gasteiger partial charge in [-0.3, -0.25) is 9.69 Å². The van der Waals surface area contributed by atoms with Gasteiger partial charge in [-0.05, 0) is 72.4 Å². The highest BCUT2D eigenvalue weighted by Crippen LogP contribution is 2.60. The molecule has 10 rings (SSSR count). The zero-order valence-corrected chi connectivity index (χ0v) is 27.6. The van der Waals surface area contributed by atoms with Crippen LogP contribution in [-0.4, -0.2) is 87.7 Å². The quantitative estimate of drug-likeness (QED) is 0.303. The molecule has 5 atom stereocenters. The number of rotatable bonds is 6. The molecule has 49 heavy (non-hydrogen) atoms. The number of aryl methyl sites for hydroxylation is 1. The third kappa shape index (κ3) is 4.49. The second-order valence-electron chi connectivity index (χ2n) is 15.5. The van der Waals surface area contributed by atoms with Gasteiger partial charge in [0.1, 0.15) is 29.6 Å². The van der Waals surface area contributed by atoms with Crippen LogP contribution in [0, 0.1) is 11.2 Å². The number of aromatic nitrogens is 3. The minimum absolute atomic E-state index is 0.0103. The third-order valence-electron chi connectivity index (χ3n) is 12.4. The van der Waals surface area contributed by atoms with E-state index < -0.39 is 23.1 Å². The largest absolute Gasteiger partial charge is 0.508 e. The molecule has 2 bridgehead atoms. The van der Waals surface area contributed by atoms with E-state index in [0.29, 0.717) is 54.6 Å². The van der Waals surface area contributed by atoms with Crippen LogP contribution >= 0.6 is 0 Å². The van der Waals surface area contributed by atoms with Gasteiger partial charge in [0.05, 0.1) is 17.7 Å². The van der Waals surface area contributed by atoms with Crippen LogP contribution in [0.1, 0.15) is 50.5 Å². The Morgan fingerprint density at radius 1 is 1.14 bits per heavy atom. The summed E-state index contributed by atoms with van der Waals surface area (Å²) >= 11 is 0. The Balaban J connectivity index is 1.17. The number of piperazine rings is 1. The van der Waals surface area contributed by atoms with Crippen molar-refractivity contribution < 1.29 is 23.4 Å². The molecule has 3 unspecified atom stereocenters. The van der Waals surface area contributed by atoms with Gasteiger partial charge >= 0.3 is 6.01 Å². The summed E-state index contributed by atoms with van der Waals surface area (Å²) in [7, 11) is 1.59. The van der Waals surface area contributed by atoms with Crippen LogP contribution in [0.5, 0.6) is 11.8 Å². The zero-order chi connectivity index (χ0) is 33.2. The number of halogens is 2. The molecule has 256 valence electrons. The minimum atomic E-state index is -0.909. The minimum Gasteiger partial charge on any atom is -0.508 e. The molecule has 1 spiro atoms. The van der Waals surface area contributed by atoms with Crippen molar-refractivity contribution in [3.8, 4) is 22.9 Å². The Kier molecular flexibility index (Phi) is 6.47. The van der Waals surface area contributed by atoms with Gasteiger partial charge in [-0.25, -0.2) is 8.78 Å². The molecule has 1 aliphatic carbocycles. The molecule has 2 aromatic carbocycles. The van der Waals surface area contributed by atoms with E-state index in [-0.39, 0.29) is 65.2 Å². The number of aromatic hydroxyl groups is 1. The maximum absolute atomic E-state index is 17.4. The van der Waals surface area contributed by atoms with Gasteiger partial charge in [0.2, 0.25) is 0 Å².